The first kappa shape index (κ1) is 18.9. The van der Waals surface area contributed by atoms with E-state index in [1.54, 1.807) is 6.08 Å². The molecule has 0 saturated heterocycles. The minimum absolute atomic E-state index is 0.220. The maximum absolute atomic E-state index is 11.0. The Labute approximate surface area is 148 Å². The summed E-state index contributed by atoms with van der Waals surface area (Å²) in [6, 6.07) is 19.9. The number of hydrogen-bond acceptors (Lipinski definition) is 4. The van der Waals surface area contributed by atoms with Crippen LogP contribution < -0.4 is 0 Å². The summed E-state index contributed by atoms with van der Waals surface area (Å²) in [6.45, 7) is 0.223. The van der Waals surface area contributed by atoms with Gasteiger partial charge in [-0.2, -0.15) is 0 Å². The lowest BCUT2D eigenvalue weighted by Crippen LogP contribution is -2.18. The lowest BCUT2D eigenvalue weighted by atomic mass is 10.0. The monoisotopic (exact) mass is 340 g/mol. The van der Waals surface area contributed by atoms with Crippen molar-refractivity contribution in [1.29, 1.82) is 0 Å². The van der Waals surface area contributed by atoms with Gasteiger partial charge >= 0.3 is 5.97 Å². The van der Waals surface area contributed by atoms with Gasteiger partial charge in [-0.05, 0) is 24.0 Å². The summed E-state index contributed by atoms with van der Waals surface area (Å²) in [4.78, 5) is 11.0. The number of aliphatic hydroxyl groups excluding tert-OH is 1. The molecular formula is C21H24O4. The van der Waals surface area contributed by atoms with Crippen LogP contribution in [0.3, 0.4) is 0 Å². The van der Waals surface area contributed by atoms with Gasteiger partial charge in [-0.3, -0.25) is 0 Å². The fourth-order valence-corrected chi connectivity index (χ4v) is 2.47. The Morgan fingerprint density at radius 3 is 2.12 bits per heavy atom. The number of hydrogen-bond donors (Lipinski definition) is 1. The van der Waals surface area contributed by atoms with E-state index in [0.717, 1.165) is 11.1 Å². The standard InChI is InChI=1S/C21H24O4/c1-24-20(23)15-9-8-14-19(22)16-25-21(17-10-4-2-5-11-17)18-12-6-3-7-13-18/h2-7,9-13,15,19,21-22H,8,14,16H2,1H3/b15-9+/t19-/m0/s1. The van der Waals surface area contributed by atoms with Crippen LogP contribution in [0.2, 0.25) is 0 Å². The van der Waals surface area contributed by atoms with Crippen LogP contribution >= 0.6 is 0 Å². The van der Waals surface area contributed by atoms with Crippen LogP contribution in [-0.4, -0.2) is 30.9 Å². The van der Waals surface area contributed by atoms with E-state index in [1.165, 1.54) is 13.2 Å². The molecule has 0 aliphatic rings. The van der Waals surface area contributed by atoms with E-state index < -0.39 is 6.10 Å². The molecule has 4 nitrogen and oxygen atoms in total. The molecule has 1 N–H and O–H groups in total. The molecule has 0 spiro atoms. The van der Waals surface area contributed by atoms with Crippen LogP contribution in [0.1, 0.15) is 30.1 Å². The summed E-state index contributed by atoms with van der Waals surface area (Å²) in [6.07, 6.45) is 3.34. The lowest BCUT2D eigenvalue weighted by molar-refractivity contribution is -0.134. The first-order chi connectivity index (χ1) is 12.2. The normalized spacial score (nSPS) is 12.4. The molecule has 132 valence electrons. The molecule has 0 aromatic heterocycles. The second-order valence-electron chi connectivity index (χ2n) is 5.69. The molecule has 0 bridgehead atoms. The number of rotatable bonds is 9. The molecule has 0 radical (unpaired) electrons. The van der Waals surface area contributed by atoms with E-state index in [4.69, 9.17) is 4.74 Å². The Kier molecular flexibility index (Phi) is 7.89. The van der Waals surface area contributed by atoms with Crippen molar-refractivity contribution < 1.29 is 19.4 Å². The van der Waals surface area contributed by atoms with Gasteiger partial charge in [0.2, 0.25) is 0 Å². The molecule has 2 aromatic rings. The molecule has 2 rings (SSSR count). The van der Waals surface area contributed by atoms with Gasteiger partial charge in [0.15, 0.2) is 0 Å². The molecule has 1 atom stereocenters. The number of carbonyl (C=O) groups excluding carboxylic acids is 1. The molecule has 0 amide bonds. The Morgan fingerprint density at radius 2 is 1.60 bits per heavy atom. The predicted molar refractivity (Wildman–Crippen MR) is 97.1 cm³/mol. The average Bonchev–Trinajstić information content (AvgIpc) is 2.67. The first-order valence-corrected chi connectivity index (χ1v) is 8.34. The summed E-state index contributed by atoms with van der Waals surface area (Å²) < 4.78 is 10.5. The van der Waals surface area contributed by atoms with Crippen molar-refractivity contribution in [1.82, 2.24) is 0 Å². The van der Waals surface area contributed by atoms with Gasteiger partial charge in [0.25, 0.3) is 0 Å². The van der Waals surface area contributed by atoms with Gasteiger partial charge in [0, 0.05) is 6.08 Å². The van der Waals surface area contributed by atoms with Gasteiger partial charge in [0.1, 0.15) is 6.10 Å². The van der Waals surface area contributed by atoms with E-state index in [2.05, 4.69) is 4.74 Å². The van der Waals surface area contributed by atoms with Crippen LogP contribution in [0, 0.1) is 0 Å². The fraction of sp³-hybridized carbons (Fsp3) is 0.286. The highest BCUT2D eigenvalue weighted by Gasteiger charge is 2.16. The van der Waals surface area contributed by atoms with Crippen LogP contribution in [0.5, 0.6) is 0 Å². The highest BCUT2D eigenvalue weighted by molar-refractivity contribution is 5.81. The Morgan fingerprint density at radius 1 is 1.04 bits per heavy atom. The second kappa shape index (κ2) is 10.4. The Bertz CT molecular complexity index is 613. The topological polar surface area (TPSA) is 55.8 Å². The zero-order valence-electron chi connectivity index (χ0n) is 14.4. The third kappa shape index (κ3) is 6.53. The third-order valence-electron chi connectivity index (χ3n) is 3.78. The SMILES string of the molecule is COC(=O)/C=C/CC[C@H](O)COC(c1ccccc1)c1ccccc1. The average molecular weight is 340 g/mol. The maximum Gasteiger partial charge on any atom is 0.330 e. The zero-order valence-corrected chi connectivity index (χ0v) is 14.4. The zero-order chi connectivity index (χ0) is 17.9. The molecule has 4 heteroatoms. The van der Waals surface area contributed by atoms with Crippen LogP contribution in [0.25, 0.3) is 0 Å². The van der Waals surface area contributed by atoms with Gasteiger partial charge in [0.05, 0.1) is 19.8 Å². The number of esters is 1. The summed E-state index contributed by atoms with van der Waals surface area (Å²) in [5.41, 5.74) is 2.10. The van der Waals surface area contributed by atoms with Gasteiger partial charge < -0.3 is 14.6 Å². The number of allylic oxidation sites excluding steroid dienone is 1. The fourth-order valence-electron chi connectivity index (χ4n) is 2.47. The molecule has 0 saturated carbocycles. The number of aliphatic hydroxyl groups is 1. The summed E-state index contributed by atoms with van der Waals surface area (Å²) in [7, 11) is 1.34. The summed E-state index contributed by atoms with van der Waals surface area (Å²) in [5, 5.41) is 10.1. The third-order valence-corrected chi connectivity index (χ3v) is 3.78. The smallest absolute Gasteiger partial charge is 0.330 e. The van der Waals surface area contributed by atoms with Crippen molar-refractivity contribution in [2.75, 3.05) is 13.7 Å². The molecule has 2 aromatic carbocycles. The maximum atomic E-state index is 11.0. The number of ether oxygens (including phenoxy) is 2. The van der Waals surface area contributed by atoms with Crippen molar-refractivity contribution in [2.45, 2.75) is 25.0 Å². The van der Waals surface area contributed by atoms with Crippen molar-refractivity contribution in [2.24, 2.45) is 0 Å². The minimum Gasteiger partial charge on any atom is -0.466 e. The largest absolute Gasteiger partial charge is 0.466 e. The Balaban J connectivity index is 1.92. The van der Waals surface area contributed by atoms with Gasteiger partial charge in [-0.15, -0.1) is 0 Å². The number of methoxy groups -OCH3 is 1. The van der Waals surface area contributed by atoms with E-state index in [1.807, 2.05) is 60.7 Å². The number of benzene rings is 2. The highest BCUT2D eigenvalue weighted by atomic mass is 16.5. The molecular weight excluding hydrogens is 316 g/mol. The lowest BCUT2D eigenvalue weighted by Gasteiger charge is -2.21. The van der Waals surface area contributed by atoms with Crippen molar-refractivity contribution in [3.63, 3.8) is 0 Å². The van der Waals surface area contributed by atoms with Crippen molar-refractivity contribution in [3.8, 4) is 0 Å². The van der Waals surface area contributed by atoms with Crippen molar-refractivity contribution >= 4 is 5.97 Å². The van der Waals surface area contributed by atoms with Crippen LogP contribution in [-0.2, 0) is 14.3 Å². The van der Waals surface area contributed by atoms with Gasteiger partial charge in [-0.25, -0.2) is 4.79 Å². The predicted octanol–water partition coefficient (Wildman–Crippen LogP) is 3.66. The summed E-state index contributed by atoms with van der Waals surface area (Å²) >= 11 is 0. The van der Waals surface area contributed by atoms with Crippen LogP contribution in [0.4, 0.5) is 0 Å². The molecule has 0 fully saturated rings. The molecule has 0 heterocycles. The van der Waals surface area contributed by atoms with Crippen LogP contribution in [0.15, 0.2) is 72.8 Å². The Hall–Kier alpha value is -2.43. The summed E-state index contributed by atoms with van der Waals surface area (Å²) in [5.74, 6) is -0.390. The van der Waals surface area contributed by atoms with Crippen molar-refractivity contribution in [3.05, 3.63) is 83.9 Å². The first-order valence-electron chi connectivity index (χ1n) is 8.34. The highest BCUT2D eigenvalue weighted by Crippen LogP contribution is 2.26. The minimum atomic E-state index is -0.600. The van der Waals surface area contributed by atoms with E-state index in [0.29, 0.717) is 12.8 Å². The molecule has 0 aliphatic heterocycles. The molecule has 25 heavy (non-hydrogen) atoms. The van der Waals surface area contributed by atoms with E-state index >= 15 is 0 Å². The quantitative estimate of drug-likeness (QED) is 0.559. The molecule has 0 unspecified atom stereocenters. The van der Waals surface area contributed by atoms with E-state index in [9.17, 15) is 9.90 Å². The van der Waals surface area contributed by atoms with E-state index in [-0.39, 0.29) is 18.7 Å². The second-order valence-corrected chi connectivity index (χ2v) is 5.69. The molecule has 0 aliphatic carbocycles. The number of carbonyl (C=O) groups is 1. The van der Waals surface area contributed by atoms with Gasteiger partial charge in [-0.1, -0.05) is 66.7 Å².